The third-order valence-electron chi connectivity index (χ3n) is 5.26. The number of benzene rings is 2. The quantitative estimate of drug-likeness (QED) is 0.344. The number of carbonyl (C=O) groups excluding carboxylic acids is 1. The Balaban J connectivity index is 2.15. The van der Waals surface area contributed by atoms with Gasteiger partial charge in [0.15, 0.2) is 15.1 Å². The topological polar surface area (TPSA) is 69.7 Å². The number of hydrogen-bond acceptors (Lipinski definition) is 5. The number of sulfone groups is 1. The lowest BCUT2D eigenvalue weighted by molar-refractivity contribution is -0.146. The van der Waals surface area contributed by atoms with Crippen LogP contribution in [0.4, 0.5) is 13.2 Å². The van der Waals surface area contributed by atoms with Gasteiger partial charge in [-0.3, -0.25) is 4.79 Å². The molecule has 0 N–H and O–H groups in total. The molecule has 0 saturated carbocycles. The van der Waals surface area contributed by atoms with Crippen LogP contribution in [-0.2, 0) is 30.5 Å². The maximum Gasteiger partial charge on any atom is 0.389 e. The summed E-state index contributed by atoms with van der Waals surface area (Å²) < 4.78 is 73.7. The van der Waals surface area contributed by atoms with Crippen molar-refractivity contribution in [3.05, 3.63) is 54.1 Å². The second-order valence-electron chi connectivity index (χ2n) is 9.67. The lowest BCUT2D eigenvalue weighted by Crippen LogP contribution is -2.35. The van der Waals surface area contributed by atoms with E-state index in [9.17, 15) is 26.4 Å². The van der Waals surface area contributed by atoms with Crippen LogP contribution in [0.3, 0.4) is 0 Å². The van der Waals surface area contributed by atoms with E-state index in [-0.39, 0.29) is 36.4 Å². The van der Waals surface area contributed by atoms with E-state index >= 15 is 0 Å². The fraction of sp³-hybridized carbons (Fsp3) is 0.500. The predicted molar refractivity (Wildman–Crippen MR) is 129 cm³/mol. The molecular weight excluding hydrogens is 481 g/mol. The van der Waals surface area contributed by atoms with Crippen LogP contribution in [0.15, 0.2) is 53.4 Å². The van der Waals surface area contributed by atoms with Crippen molar-refractivity contribution in [2.75, 3.05) is 20.3 Å². The lowest BCUT2D eigenvalue weighted by Gasteiger charge is -2.21. The number of hydrogen-bond donors (Lipinski definition) is 0. The molecule has 0 saturated heterocycles. The van der Waals surface area contributed by atoms with Crippen LogP contribution in [-0.4, -0.2) is 46.1 Å². The first-order chi connectivity index (χ1) is 16.2. The Bertz CT molecular complexity index is 1050. The largest absolute Gasteiger partial charge is 0.464 e. The molecule has 2 aromatic rings. The number of aryl methyl sites for hydroxylation is 1. The smallest absolute Gasteiger partial charge is 0.389 e. The molecule has 0 aliphatic carbocycles. The van der Waals surface area contributed by atoms with Gasteiger partial charge in [0.05, 0.1) is 11.5 Å². The first-order valence-electron chi connectivity index (χ1n) is 11.4. The van der Waals surface area contributed by atoms with E-state index in [1.54, 1.807) is 36.4 Å². The summed E-state index contributed by atoms with van der Waals surface area (Å²) in [7, 11) is -2.58. The highest BCUT2D eigenvalue weighted by molar-refractivity contribution is 7.92. The molecule has 0 aliphatic heterocycles. The number of halogens is 3. The van der Waals surface area contributed by atoms with Gasteiger partial charge in [-0.2, -0.15) is 13.2 Å². The molecule has 0 aromatic heterocycles. The summed E-state index contributed by atoms with van der Waals surface area (Å²) in [4.78, 5) is 12.6. The molecular formula is C26H33F3O5S. The summed E-state index contributed by atoms with van der Waals surface area (Å²) in [6.45, 7) is 5.82. The first-order valence-corrected chi connectivity index (χ1v) is 12.9. The van der Waals surface area contributed by atoms with E-state index in [0.29, 0.717) is 6.42 Å². The fourth-order valence-electron chi connectivity index (χ4n) is 3.36. The molecule has 0 fully saturated rings. The Morgan fingerprint density at radius 2 is 1.49 bits per heavy atom. The van der Waals surface area contributed by atoms with Gasteiger partial charge in [0.2, 0.25) is 0 Å². The van der Waals surface area contributed by atoms with Gasteiger partial charge >= 0.3 is 12.1 Å². The maximum atomic E-state index is 13.2. The Morgan fingerprint density at radius 3 is 1.97 bits per heavy atom. The molecule has 5 nitrogen and oxygen atoms in total. The standard InChI is InChI=1S/C26H33F3O5S/c1-25(2,3)18-34-24(30)23(15-17-33-4)35(31,32)22-13-11-21(12-14-22)20-9-7-19(8-10-20)6-5-16-26(27,28)29/h7-14,23H,5-6,15-18H2,1-4H3. The van der Waals surface area contributed by atoms with Gasteiger partial charge in [0.25, 0.3) is 0 Å². The van der Waals surface area contributed by atoms with E-state index in [0.717, 1.165) is 16.7 Å². The molecule has 0 spiro atoms. The second-order valence-corrected chi connectivity index (χ2v) is 11.8. The van der Waals surface area contributed by atoms with Gasteiger partial charge in [-0.1, -0.05) is 57.2 Å². The van der Waals surface area contributed by atoms with Crippen LogP contribution in [0.5, 0.6) is 0 Å². The predicted octanol–water partition coefficient (Wildman–Crippen LogP) is 6.01. The van der Waals surface area contributed by atoms with E-state index in [4.69, 9.17) is 9.47 Å². The number of esters is 1. The number of methoxy groups -OCH3 is 1. The van der Waals surface area contributed by atoms with Crippen molar-refractivity contribution < 1.29 is 35.9 Å². The zero-order chi connectivity index (χ0) is 26.3. The number of ether oxygens (including phenoxy) is 2. The van der Waals surface area contributed by atoms with Gasteiger partial charge in [-0.25, -0.2) is 8.42 Å². The third kappa shape index (κ3) is 9.29. The van der Waals surface area contributed by atoms with E-state index in [1.165, 1.54) is 19.2 Å². The fourth-order valence-corrected chi connectivity index (χ4v) is 4.94. The zero-order valence-corrected chi connectivity index (χ0v) is 21.3. The van der Waals surface area contributed by atoms with Crippen LogP contribution < -0.4 is 0 Å². The highest BCUT2D eigenvalue weighted by Crippen LogP contribution is 2.27. The number of rotatable bonds is 11. The maximum absolute atomic E-state index is 13.2. The Hall–Kier alpha value is -2.39. The average Bonchev–Trinajstić information content (AvgIpc) is 2.77. The van der Waals surface area contributed by atoms with Crippen molar-refractivity contribution in [1.82, 2.24) is 0 Å². The van der Waals surface area contributed by atoms with Crippen molar-refractivity contribution in [3.63, 3.8) is 0 Å². The van der Waals surface area contributed by atoms with Crippen LogP contribution in [0.25, 0.3) is 11.1 Å². The number of carbonyl (C=O) groups is 1. The SMILES string of the molecule is COCCC(C(=O)OCC(C)(C)C)S(=O)(=O)c1ccc(-c2ccc(CCCC(F)(F)F)cc2)cc1. The molecule has 35 heavy (non-hydrogen) atoms. The minimum Gasteiger partial charge on any atom is -0.464 e. The van der Waals surface area contributed by atoms with Crippen LogP contribution in [0.1, 0.15) is 45.6 Å². The average molecular weight is 515 g/mol. The summed E-state index contributed by atoms with van der Waals surface area (Å²) in [6.07, 6.45) is -4.66. The minimum absolute atomic E-state index is 0.00108. The molecule has 1 unspecified atom stereocenters. The molecule has 0 radical (unpaired) electrons. The summed E-state index contributed by atoms with van der Waals surface area (Å²) in [6, 6.07) is 13.3. The van der Waals surface area contributed by atoms with Crippen molar-refractivity contribution >= 4 is 15.8 Å². The second kappa shape index (κ2) is 12.0. The van der Waals surface area contributed by atoms with Crippen LogP contribution >= 0.6 is 0 Å². The molecule has 2 aromatic carbocycles. The third-order valence-corrected chi connectivity index (χ3v) is 7.37. The van der Waals surface area contributed by atoms with Gasteiger partial charge in [-0.05, 0) is 53.5 Å². The first kappa shape index (κ1) is 28.8. The normalized spacial score (nSPS) is 13.5. The molecule has 2 rings (SSSR count). The van der Waals surface area contributed by atoms with Gasteiger partial charge in [-0.15, -0.1) is 0 Å². The van der Waals surface area contributed by atoms with Crippen molar-refractivity contribution in [2.45, 2.75) is 62.8 Å². The molecule has 0 heterocycles. The summed E-state index contributed by atoms with van der Waals surface area (Å²) in [5.74, 6) is -0.804. The molecule has 9 heteroatoms. The van der Waals surface area contributed by atoms with E-state index in [2.05, 4.69) is 0 Å². The van der Waals surface area contributed by atoms with E-state index in [1.807, 2.05) is 20.8 Å². The van der Waals surface area contributed by atoms with Crippen LogP contribution in [0, 0.1) is 5.41 Å². The summed E-state index contributed by atoms with van der Waals surface area (Å²) in [5.41, 5.74) is 2.04. The van der Waals surface area contributed by atoms with Gasteiger partial charge in [0, 0.05) is 20.1 Å². The van der Waals surface area contributed by atoms with E-state index < -0.39 is 33.7 Å². The molecule has 1 atom stereocenters. The Kier molecular flexibility index (Phi) is 9.92. The minimum atomic E-state index is -4.16. The van der Waals surface area contributed by atoms with Crippen LogP contribution in [0.2, 0.25) is 0 Å². The van der Waals surface area contributed by atoms with Crippen molar-refractivity contribution in [3.8, 4) is 11.1 Å². The molecule has 0 amide bonds. The molecule has 0 aliphatic rings. The number of alkyl halides is 3. The Labute approximate surface area is 205 Å². The Morgan fingerprint density at radius 1 is 0.943 bits per heavy atom. The monoisotopic (exact) mass is 514 g/mol. The highest BCUT2D eigenvalue weighted by Gasteiger charge is 2.35. The zero-order valence-electron chi connectivity index (χ0n) is 20.5. The van der Waals surface area contributed by atoms with Crippen molar-refractivity contribution in [2.24, 2.45) is 5.41 Å². The highest BCUT2D eigenvalue weighted by atomic mass is 32.2. The lowest BCUT2D eigenvalue weighted by atomic mass is 9.99. The summed E-state index contributed by atoms with van der Waals surface area (Å²) in [5, 5.41) is -1.38. The van der Waals surface area contributed by atoms with Gasteiger partial charge < -0.3 is 9.47 Å². The summed E-state index contributed by atoms with van der Waals surface area (Å²) >= 11 is 0. The van der Waals surface area contributed by atoms with Gasteiger partial charge in [0.1, 0.15) is 0 Å². The van der Waals surface area contributed by atoms with Crippen molar-refractivity contribution in [1.29, 1.82) is 0 Å². The molecule has 0 bridgehead atoms. The molecule has 194 valence electrons.